The molecule has 84 valence electrons. The van der Waals surface area contributed by atoms with Gasteiger partial charge in [-0.25, -0.2) is 0 Å². The van der Waals surface area contributed by atoms with Gasteiger partial charge in [-0.2, -0.15) is 0 Å². The first-order chi connectivity index (χ1) is 7.74. The first kappa shape index (κ1) is 12.1. The SMILES string of the molecule is COc1ccccc1O.Cc1ccccc1. The smallest absolute Gasteiger partial charge is 0.160 e. The monoisotopic (exact) mass is 216 g/mol. The number of phenolic OH excluding ortho intramolecular Hbond substituents is 1. The first-order valence-corrected chi connectivity index (χ1v) is 5.07. The number of ether oxygens (including phenoxy) is 1. The summed E-state index contributed by atoms with van der Waals surface area (Å²) in [6.45, 7) is 2.08. The van der Waals surface area contributed by atoms with Crippen molar-refractivity contribution >= 4 is 0 Å². The van der Waals surface area contributed by atoms with Gasteiger partial charge in [0.05, 0.1) is 7.11 Å². The molecular formula is C14H16O2. The Morgan fingerprint density at radius 1 is 0.875 bits per heavy atom. The lowest BCUT2D eigenvalue weighted by molar-refractivity contribution is 0.373. The lowest BCUT2D eigenvalue weighted by Crippen LogP contribution is -1.80. The van der Waals surface area contributed by atoms with Crippen molar-refractivity contribution in [2.24, 2.45) is 0 Å². The molecule has 0 atom stereocenters. The minimum absolute atomic E-state index is 0.181. The standard InChI is InChI=1S/C7H8O2.C7H8/c1-9-7-5-3-2-4-6(7)8;1-7-5-3-2-4-6-7/h2-5,8H,1H3;2-6H,1H3. The number of methoxy groups -OCH3 is 1. The molecule has 0 amide bonds. The molecule has 16 heavy (non-hydrogen) atoms. The molecule has 2 heteroatoms. The Morgan fingerprint density at radius 2 is 1.44 bits per heavy atom. The fraction of sp³-hybridized carbons (Fsp3) is 0.143. The lowest BCUT2D eigenvalue weighted by Gasteiger charge is -1.99. The van der Waals surface area contributed by atoms with Crippen molar-refractivity contribution in [3.8, 4) is 11.5 Å². The first-order valence-electron chi connectivity index (χ1n) is 5.07. The summed E-state index contributed by atoms with van der Waals surface area (Å²) in [5.74, 6) is 0.692. The van der Waals surface area contributed by atoms with Crippen LogP contribution in [0.1, 0.15) is 5.56 Å². The Labute approximate surface area is 96.1 Å². The second-order valence-electron chi connectivity index (χ2n) is 3.33. The highest BCUT2D eigenvalue weighted by Crippen LogP contribution is 2.22. The van der Waals surface area contributed by atoms with Gasteiger partial charge in [0.15, 0.2) is 11.5 Å². The molecule has 0 aliphatic heterocycles. The van der Waals surface area contributed by atoms with E-state index < -0.39 is 0 Å². The number of hydrogen-bond acceptors (Lipinski definition) is 2. The molecule has 0 heterocycles. The minimum Gasteiger partial charge on any atom is -0.504 e. The van der Waals surface area contributed by atoms with E-state index >= 15 is 0 Å². The number of aromatic hydroxyl groups is 1. The third-order valence-electron chi connectivity index (χ3n) is 2.03. The summed E-state index contributed by atoms with van der Waals surface area (Å²) >= 11 is 0. The van der Waals surface area contributed by atoms with E-state index in [1.54, 1.807) is 24.3 Å². The van der Waals surface area contributed by atoms with Crippen LogP contribution in [0.3, 0.4) is 0 Å². The molecule has 2 aromatic rings. The molecule has 2 nitrogen and oxygen atoms in total. The van der Waals surface area contributed by atoms with E-state index in [-0.39, 0.29) is 5.75 Å². The Bertz CT molecular complexity index is 410. The average molecular weight is 216 g/mol. The average Bonchev–Trinajstić information content (AvgIpc) is 2.31. The van der Waals surface area contributed by atoms with Crippen molar-refractivity contribution in [3.63, 3.8) is 0 Å². The van der Waals surface area contributed by atoms with E-state index in [2.05, 4.69) is 19.1 Å². The van der Waals surface area contributed by atoms with Gasteiger partial charge in [-0.05, 0) is 19.1 Å². The number of para-hydroxylation sites is 2. The number of rotatable bonds is 1. The molecule has 0 saturated heterocycles. The third kappa shape index (κ3) is 4.05. The summed E-state index contributed by atoms with van der Waals surface area (Å²) < 4.78 is 4.79. The molecule has 2 aromatic carbocycles. The van der Waals surface area contributed by atoms with Gasteiger partial charge in [-0.1, -0.05) is 48.0 Å². The van der Waals surface area contributed by atoms with Crippen LogP contribution in [-0.2, 0) is 0 Å². The van der Waals surface area contributed by atoms with Crippen LogP contribution < -0.4 is 4.74 Å². The van der Waals surface area contributed by atoms with Crippen LogP contribution in [-0.4, -0.2) is 12.2 Å². The minimum atomic E-state index is 0.181. The maximum absolute atomic E-state index is 8.99. The number of benzene rings is 2. The molecule has 0 radical (unpaired) electrons. The number of phenols is 1. The predicted octanol–water partition coefficient (Wildman–Crippen LogP) is 3.40. The molecule has 0 aliphatic rings. The lowest BCUT2D eigenvalue weighted by atomic mass is 10.2. The van der Waals surface area contributed by atoms with E-state index in [0.29, 0.717) is 5.75 Å². The molecule has 0 unspecified atom stereocenters. The summed E-state index contributed by atoms with van der Waals surface area (Å²) in [4.78, 5) is 0. The molecule has 0 bridgehead atoms. The van der Waals surface area contributed by atoms with Crippen molar-refractivity contribution < 1.29 is 9.84 Å². The summed E-state index contributed by atoms with van der Waals surface area (Å²) in [6, 6.07) is 17.1. The van der Waals surface area contributed by atoms with Gasteiger partial charge >= 0.3 is 0 Å². The third-order valence-corrected chi connectivity index (χ3v) is 2.03. The van der Waals surface area contributed by atoms with E-state index in [1.807, 2.05) is 18.2 Å². The molecule has 0 spiro atoms. The zero-order valence-electron chi connectivity index (χ0n) is 9.55. The second kappa shape index (κ2) is 6.51. The van der Waals surface area contributed by atoms with Gasteiger partial charge in [-0.3, -0.25) is 0 Å². The molecule has 0 aliphatic carbocycles. The van der Waals surface area contributed by atoms with Crippen molar-refractivity contribution in [2.75, 3.05) is 7.11 Å². The maximum Gasteiger partial charge on any atom is 0.160 e. The van der Waals surface area contributed by atoms with Crippen LogP contribution in [0.15, 0.2) is 54.6 Å². The van der Waals surface area contributed by atoms with Gasteiger partial charge in [0.25, 0.3) is 0 Å². The normalized spacial score (nSPS) is 8.88. The zero-order valence-corrected chi connectivity index (χ0v) is 9.55. The Kier molecular flexibility index (Phi) is 4.93. The van der Waals surface area contributed by atoms with Gasteiger partial charge in [0, 0.05) is 0 Å². The highest BCUT2D eigenvalue weighted by atomic mass is 16.5. The predicted molar refractivity (Wildman–Crippen MR) is 65.8 cm³/mol. The zero-order chi connectivity index (χ0) is 11.8. The fourth-order valence-corrected chi connectivity index (χ4v) is 1.16. The van der Waals surface area contributed by atoms with Crippen molar-refractivity contribution in [3.05, 3.63) is 60.2 Å². The summed E-state index contributed by atoms with van der Waals surface area (Å²) in [5, 5.41) is 8.99. The Hall–Kier alpha value is -1.96. The van der Waals surface area contributed by atoms with Crippen LogP contribution >= 0.6 is 0 Å². The summed E-state index contributed by atoms with van der Waals surface area (Å²) in [6.07, 6.45) is 0. The van der Waals surface area contributed by atoms with Crippen molar-refractivity contribution in [1.29, 1.82) is 0 Å². The molecular weight excluding hydrogens is 200 g/mol. The van der Waals surface area contributed by atoms with E-state index in [4.69, 9.17) is 9.84 Å². The topological polar surface area (TPSA) is 29.5 Å². The summed E-state index contributed by atoms with van der Waals surface area (Å²) in [7, 11) is 1.52. The fourth-order valence-electron chi connectivity index (χ4n) is 1.16. The number of aryl methyl sites for hydroxylation is 1. The largest absolute Gasteiger partial charge is 0.504 e. The quantitative estimate of drug-likeness (QED) is 0.791. The van der Waals surface area contributed by atoms with Crippen LogP contribution in [0, 0.1) is 6.92 Å². The molecule has 0 saturated carbocycles. The van der Waals surface area contributed by atoms with Crippen LogP contribution in [0.5, 0.6) is 11.5 Å². The Morgan fingerprint density at radius 3 is 1.81 bits per heavy atom. The van der Waals surface area contributed by atoms with E-state index in [1.165, 1.54) is 12.7 Å². The van der Waals surface area contributed by atoms with Gasteiger partial charge < -0.3 is 9.84 Å². The Balaban J connectivity index is 0.000000165. The molecule has 0 aromatic heterocycles. The highest BCUT2D eigenvalue weighted by molar-refractivity contribution is 5.37. The van der Waals surface area contributed by atoms with Crippen LogP contribution in [0.4, 0.5) is 0 Å². The maximum atomic E-state index is 8.99. The van der Waals surface area contributed by atoms with Gasteiger partial charge in [0.1, 0.15) is 0 Å². The molecule has 0 fully saturated rings. The summed E-state index contributed by atoms with van der Waals surface area (Å²) in [5.41, 5.74) is 1.32. The molecule has 1 N–H and O–H groups in total. The van der Waals surface area contributed by atoms with E-state index in [9.17, 15) is 0 Å². The van der Waals surface area contributed by atoms with Gasteiger partial charge in [-0.15, -0.1) is 0 Å². The molecule has 2 rings (SSSR count). The van der Waals surface area contributed by atoms with E-state index in [0.717, 1.165) is 0 Å². The van der Waals surface area contributed by atoms with Crippen LogP contribution in [0.2, 0.25) is 0 Å². The highest BCUT2D eigenvalue weighted by Gasteiger charge is 1.94. The van der Waals surface area contributed by atoms with Crippen LogP contribution in [0.25, 0.3) is 0 Å². The van der Waals surface area contributed by atoms with Gasteiger partial charge in [0.2, 0.25) is 0 Å². The second-order valence-corrected chi connectivity index (χ2v) is 3.33. The number of hydrogen-bond donors (Lipinski definition) is 1. The van der Waals surface area contributed by atoms with Crippen molar-refractivity contribution in [1.82, 2.24) is 0 Å². The van der Waals surface area contributed by atoms with Crippen molar-refractivity contribution in [2.45, 2.75) is 6.92 Å².